The molecule has 0 bridgehead atoms. The van der Waals surface area contributed by atoms with Crippen molar-refractivity contribution in [3.05, 3.63) is 83.7 Å². The number of esters is 1. The van der Waals surface area contributed by atoms with E-state index in [0.29, 0.717) is 37.8 Å². The summed E-state index contributed by atoms with van der Waals surface area (Å²) in [7, 11) is 0. The first kappa shape index (κ1) is 23.4. The van der Waals surface area contributed by atoms with Crippen LogP contribution in [-0.4, -0.2) is 49.4 Å². The van der Waals surface area contributed by atoms with Gasteiger partial charge in [0, 0.05) is 18.7 Å². The number of tetrazole rings is 1. The number of H-pyrrole nitrogens is 1. The minimum atomic E-state index is -0.361. The molecule has 3 aromatic carbocycles. The standard InChI is InChI=1S/C27H26N6O3/c1-3-35-17-24-28-23-11-7-10-22(27(34)36-4-2)25(23)33(24)16-18-12-14-19(15-13-18)20-8-5-6-9-21(20)26-29-31-32-30-26/h5-15H,3-4,16-17H2,1-2H3,(H,29,30,31,32). The topological polar surface area (TPSA) is 108 Å². The lowest BCUT2D eigenvalue weighted by Crippen LogP contribution is -2.11. The highest BCUT2D eigenvalue weighted by molar-refractivity contribution is 6.02. The van der Waals surface area contributed by atoms with E-state index in [-0.39, 0.29) is 5.97 Å². The maximum Gasteiger partial charge on any atom is 0.340 e. The van der Waals surface area contributed by atoms with Crippen LogP contribution in [0, 0.1) is 0 Å². The average Bonchev–Trinajstić information content (AvgIpc) is 3.57. The van der Waals surface area contributed by atoms with Crippen LogP contribution in [0.2, 0.25) is 0 Å². The molecule has 0 spiro atoms. The van der Waals surface area contributed by atoms with Crippen molar-refractivity contribution >= 4 is 17.0 Å². The summed E-state index contributed by atoms with van der Waals surface area (Å²) in [6.07, 6.45) is 0. The maximum absolute atomic E-state index is 12.7. The summed E-state index contributed by atoms with van der Waals surface area (Å²) < 4.78 is 13.0. The number of rotatable bonds is 9. The molecule has 0 amide bonds. The van der Waals surface area contributed by atoms with E-state index in [9.17, 15) is 4.79 Å². The lowest BCUT2D eigenvalue weighted by molar-refractivity contribution is 0.0528. The van der Waals surface area contributed by atoms with E-state index < -0.39 is 0 Å². The number of nitrogens with zero attached hydrogens (tertiary/aromatic N) is 5. The summed E-state index contributed by atoms with van der Waals surface area (Å²) in [6.45, 7) is 5.51. The molecule has 2 heterocycles. The molecule has 2 aromatic heterocycles. The molecule has 0 aliphatic carbocycles. The second kappa shape index (κ2) is 10.5. The monoisotopic (exact) mass is 482 g/mol. The number of hydrogen-bond acceptors (Lipinski definition) is 7. The zero-order valence-corrected chi connectivity index (χ0v) is 20.1. The fourth-order valence-electron chi connectivity index (χ4n) is 4.26. The average molecular weight is 483 g/mol. The van der Waals surface area contributed by atoms with E-state index in [1.165, 1.54) is 0 Å². The third-order valence-corrected chi connectivity index (χ3v) is 5.90. The van der Waals surface area contributed by atoms with Gasteiger partial charge in [-0.3, -0.25) is 0 Å². The van der Waals surface area contributed by atoms with E-state index in [1.54, 1.807) is 13.0 Å². The minimum Gasteiger partial charge on any atom is -0.462 e. The number of fused-ring (bicyclic) bond motifs is 1. The highest BCUT2D eigenvalue weighted by Gasteiger charge is 2.19. The van der Waals surface area contributed by atoms with Crippen LogP contribution >= 0.6 is 0 Å². The van der Waals surface area contributed by atoms with Gasteiger partial charge in [0.1, 0.15) is 12.4 Å². The minimum absolute atomic E-state index is 0.307. The Kier molecular flexibility index (Phi) is 6.81. The maximum atomic E-state index is 12.7. The number of benzene rings is 3. The van der Waals surface area contributed by atoms with E-state index in [4.69, 9.17) is 14.5 Å². The molecule has 1 N–H and O–H groups in total. The summed E-state index contributed by atoms with van der Waals surface area (Å²) in [6, 6.07) is 21.8. The molecular formula is C27H26N6O3. The Morgan fingerprint density at radius 1 is 0.944 bits per heavy atom. The molecule has 0 radical (unpaired) electrons. The van der Waals surface area contributed by atoms with E-state index in [0.717, 1.165) is 39.1 Å². The quantitative estimate of drug-likeness (QED) is 0.305. The molecule has 0 fully saturated rings. The first-order valence-corrected chi connectivity index (χ1v) is 11.8. The number of para-hydroxylation sites is 1. The normalized spacial score (nSPS) is 11.2. The van der Waals surface area contributed by atoms with E-state index in [1.807, 2.05) is 47.9 Å². The Bertz CT molecular complexity index is 1480. The van der Waals surface area contributed by atoms with Gasteiger partial charge in [-0.2, -0.15) is 5.21 Å². The smallest absolute Gasteiger partial charge is 0.340 e. The van der Waals surface area contributed by atoms with Crippen molar-refractivity contribution < 1.29 is 14.3 Å². The number of nitrogens with one attached hydrogen (secondary N) is 1. The van der Waals surface area contributed by atoms with Crippen molar-refractivity contribution in [3.63, 3.8) is 0 Å². The van der Waals surface area contributed by atoms with Crippen molar-refractivity contribution in [3.8, 4) is 22.5 Å². The summed E-state index contributed by atoms with van der Waals surface area (Å²) in [5, 5.41) is 14.5. The van der Waals surface area contributed by atoms with Crippen LogP contribution < -0.4 is 0 Å². The van der Waals surface area contributed by atoms with Crippen LogP contribution in [0.5, 0.6) is 0 Å². The van der Waals surface area contributed by atoms with Crippen LogP contribution in [0.25, 0.3) is 33.5 Å². The summed E-state index contributed by atoms with van der Waals surface area (Å²) in [4.78, 5) is 17.5. The van der Waals surface area contributed by atoms with Crippen LogP contribution in [0.4, 0.5) is 0 Å². The highest BCUT2D eigenvalue weighted by Crippen LogP contribution is 2.30. The molecule has 36 heavy (non-hydrogen) atoms. The summed E-state index contributed by atoms with van der Waals surface area (Å²) in [5.41, 5.74) is 5.99. The van der Waals surface area contributed by atoms with Gasteiger partial charge in [0.2, 0.25) is 5.82 Å². The number of aromatic amines is 1. The Hall–Kier alpha value is -4.37. The number of ether oxygens (including phenoxy) is 2. The molecule has 0 unspecified atom stereocenters. The second-order valence-corrected chi connectivity index (χ2v) is 8.12. The number of carbonyl (C=O) groups is 1. The first-order chi connectivity index (χ1) is 17.7. The van der Waals surface area contributed by atoms with Crippen LogP contribution in [-0.2, 0) is 22.6 Å². The molecule has 5 rings (SSSR count). The Morgan fingerprint density at radius 2 is 1.75 bits per heavy atom. The van der Waals surface area contributed by atoms with Gasteiger partial charge in [0.05, 0.1) is 23.2 Å². The molecule has 182 valence electrons. The Morgan fingerprint density at radius 3 is 2.47 bits per heavy atom. The van der Waals surface area contributed by atoms with Gasteiger partial charge in [-0.05, 0) is 47.9 Å². The third kappa shape index (κ3) is 4.60. The largest absolute Gasteiger partial charge is 0.462 e. The van der Waals surface area contributed by atoms with Crippen molar-refractivity contribution in [1.82, 2.24) is 30.2 Å². The second-order valence-electron chi connectivity index (χ2n) is 8.12. The molecule has 0 atom stereocenters. The SMILES string of the molecule is CCOCc1nc2cccc(C(=O)OCC)c2n1Cc1ccc(-c2ccccc2-c2nn[nH]n2)cc1. The van der Waals surface area contributed by atoms with Gasteiger partial charge in [-0.25, -0.2) is 9.78 Å². The molecule has 9 nitrogen and oxygen atoms in total. The molecule has 9 heteroatoms. The van der Waals surface area contributed by atoms with Crippen LogP contribution in [0.3, 0.4) is 0 Å². The Labute approximate surface area is 208 Å². The lowest BCUT2D eigenvalue weighted by Gasteiger charge is -2.13. The van der Waals surface area contributed by atoms with Gasteiger partial charge in [0.15, 0.2) is 0 Å². The third-order valence-electron chi connectivity index (χ3n) is 5.90. The molecular weight excluding hydrogens is 456 g/mol. The number of imidazole rings is 1. The lowest BCUT2D eigenvalue weighted by atomic mass is 9.98. The van der Waals surface area contributed by atoms with Crippen LogP contribution in [0.15, 0.2) is 66.7 Å². The van der Waals surface area contributed by atoms with E-state index >= 15 is 0 Å². The van der Waals surface area contributed by atoms with Crippen LogP contribution in [0.1, 0.15) is 35.6 Å². The van der Waals surface area contributed by atoms with Crippen molar-refractivity contribution in [2.75, 3.05) is 13.2 Å². The van der Waals surface area contributed by atoms with Gasteiger partial charge >= 0.3 is 5.97 Å². The highest BCUT2D eigenvalue weighted by atomic mass is 16.5. The first-order valence-electron chi connectivity index (χ1n) is 11.8. The molecule has 0 saturated heterocycles. The Balaban J connectivity index is 1.52. The van der Waals surface area contributed by atoms with E-state index in [2.05, 4.69) is 44.9 Å². The predicted molar refractivity (Wildman–Crippen MR) is 135 cm³/mol. The van der Waals surface area contributed by atoms with Crippen molar-refractivity contribution in [1.29, 1.82) is 0 Å². The van der Waals surface area contributed by atoms with Gasteiger partial charge in [0.25, 0.3) is 0 Å². The fourth-order valence-corrected chi connectivity index (χ4v) is 4.26. The number of aromatic nitrogens is 6. The molecule has 0 aliphatic rings. The zero-order chi connectivity index (χ0) is 24.9. The molecule has 0 aliphatic heterocycles. The van der Waals surface area contributed by atoms with Gasteiger partial charge in [-0.15, -0.1) is 10.2 Å². The zero-order valence-electron chi connectivity index (χ0n) is 20.1. The van der Waals surface area contributed by atoms with Crippen molar-refractivity contribution in [2.24, 2.45) is 0 Å². The fraction of sp³-hybridized carbons (Fsp3) is 0.222. The summed E-state index contributed by atoms with van der Waals surface area (Å²) in [5.74, 6) is 0.947. The predicted octanol–water partition coefficient (Wildman–Crippen LogP) is 4.64. The van der Waals surface area contributed by atoms with Gasteiger partial charge in [-0.1, -0.05) is 54.6 Å². The summed E-state index contributed by atoms with van der Waals surface area (Å²) >= 11 is 0. The van der Waals surface area contributed by atoms with Crippen molar-refractivity contribution in [2.45, 2.75) is 27.0 Å². The van der Waals surface area contributed by atoms with Gasteiger partial charge < -0.3 is 14.0 Å². The molecule has 0 saturated carbocycles. The molecule has 5 aromatic rings. The number of carbonyl (C=O) groups excluding carboxylic acids is 1. The number of hydrogen-bond donors (Lipinski definition) is 1.